The summed E-state index contributed by atoms with van der Waals surface area (Å²) in [5.41, 5.74) is 0.268. The first-order valence-corrected chi connectivity index (χ1v) is 6.36. The van der Waals surface area contributed by atoms with Crippen molar-refractivity contribution in [3.63, 3.8) is 0 Å². The summed E-state index contributed by atoms with van der Waals surface area (Å²) in [7, 11) is 0. The first-order valence-electron chi connectivity index (χ1n) is 5.60. The Balaban J connectivity index is 1.80. The summed E-state index contributed by atoms with van der Waals surface area (Å²) < 4.78 is 5.39. The second kappa shape index (κ2) is 6.89. The predicted octanol–water partition coefficient (Wildman–Crippen LogP) is 2.54. The Kier molecular flexibility index (Phi) is 4.93. The molecule has 0 saturated heterocycles. The summed E-state index contributed by atoms with van der Waals surface area (Å²) in [6.45, 7) is 0.831. The number of ether oxygens (including phenoxy) is 1. The summed E-state index contributed by atoms with van der Waals surface area (Å²) in [4.78, 5) is 3.97. The summed E-state index contributed by atoms with van der Waals surface area (Å²) in [5, 5.41) is 19.9. The fourth-order valence-electron chi connectivity index (χ4n) is 1.32. The van der Waals surface area contributed by atoms with E-state index < -0.39 is 0 Å². The number of hydrogen-bond acceptors (Lipinski definition) is 6. The molecule has 8 heteroatoms. The van der Waals surface area contributed by atoms with Crippen molar-refractivity contribution in [2.45, 2.75) is 0 Å². The standard InChI is InChI=1S/C12H9Cl2N5O/c13-8-5-10(14)12(17-7-8)20-4-3-16-11-2-1-9(6-15)18-19-11/h1-2,5,7H,3-4H2,(H,16,19). The van der Waals surface area contributed by atoms with Crippen LogP contribution in [0.2, 0.25) is 10.0 Å². The minimum atomic E-state index is 0.268. The highest BCUT2D eigenvalue weighted by molar-refractivity contribution is 6.35. The molecule has 1 N–H and O–H groups in total. The number of nitriles is 1. The number of nitrogens with one attached hydrogen (secondary N) is 1. The normalized spacial score (nSPS) is 9.85. The second-order valence-electron chi connectivity index (χ2n) is 3.63. The first-order chi connectivity index (χ1) is 9.69. The van der Waals surface area contributed by atoms with E-state index in [9.17, 15) is 0 Å². The molecule has 102 valence electrons. The molecule has 0 spiro atoms. The van der Waals surface area contributed by atoms with Crippen LogP contribution >= 0.6 is 23.2 Å². The molecule has 0 aliphatic carbocycles. The van der Waals surface area contributed by atoms with Gasteiger partial charge in [0.15, 0.2) is 5.69 Å². The van der Waals surface area contributed by atoms with Gasteiger partial charge in [0.2, 0.25) is 5.88 Å². The quantitative estimate of drug-likeness (QED) is 0.854. The lowest BCUT2D eigenvalue weighted by Crippen LogP contribution is -2.13. The van der Waals surface area contributed by atoms with Crippen molar-refractivity contribution >= 4 is 29.0 Å². The monoisotopic (exact) mass is 309 g/mol. The van der Waals surface area contributed by atoms with E-state index in [2.05, 4.69) is 20.5 Å². The summed E-state index contributed by atoms with van der Waals surface area (Å²) in [6.07, 6.45) is 1.46. The molecular formula is C12H9Cl2N5O. The third-order valence-corrected chi connectivity index (χ3v) is 2.68. The molecule has 2 aromatic heterocycles. The van der Waals surface area contributed by atoms with Crippen LogP contribution in [0.3, 0.4) is 0 Å². The highest BCUT2D eigenvalue weighted by atomic mass is 35.5. The van der Waals surface area contributed by atoms with Crippen LogP contribution in [-0.4, -0.2) is 28.3 Å². The fraction of sp³-hybridized carbons (Fsp3) is 0.167. The van der Waals surface area contributed by atoms with Crippen LogP contribution in [0.1, 0.15) is 5.69 Å². The molecule has 2 aromatic rings. The maximum Gasteiger partial charge on any atom is 0.232 e. The molecule has 2 rings (SSSR count). The molecule has 0 aromatic carbocycles. The largest absolute Gasteiger partial charge is 0.475 e. The zero-order chi connectivity index (χ0) is 14.4. The van der Waals surface area contributed by atoms with Crippen molar-refractivity contribution in [2.24, 2.45) is 0 Å². The van der Waals surface area contributed by atoms with Crippen LogP contribution in [0.15, 0.2) is 24.4 Å². The highest BCUT2D eigenvalue weighted by Crippen LogP contribution is 2.24. The van der Waals surface area contributed by atoms with Crippen LogP contribution < -0.4 is 10.1 Å². The Bertz CT molecular complexity index is 627. The maximum absolute atomic E-state index is 8.59. The van der Waals surface area contributed by atoms with Gasteiger partial charge in [0.1, 0.15) is 23.5 Å². The number of aromatic nitrogens is 3. The molecule has 0 amide bonds. The van der Waals surface area contributed by atoms with E-state index in [1.165, 1.54) is 6.20 Å². The molecule has 0 unspecified atom stereocenters. The minimum Gasteiger partial charge on any atom is -0.475 e. The zero-order valence-electron chi connectivity index (χ0n) is 10.2. The number of halogens is 2. The molecule has 0 aliphatic rings. The zero-order valence-corrected chi connectivity index (χ0v) is 11.7. The molecular weight excluding hydrogens is 301 g/mol. The van der Waals surface area contributed by atoms with Gasteiger partial charge in [-0.3, -0.25) is 0 Å². The van der Waals surface area contributed by atoms with Gasteiger partial charge in [-0.15, -0.1) is 10.2 Å². The number of hydrogen-bond donors (Lipinski definition) is 1. The van der Waals surface area contributed by atoms with Crippen LogP contribution in [0.4, 0.5) is 5.82 Å². The Labute approximate surface area is 125 Å². The van der Waals surface area contributed by atoms with Crippen molar-refractivity contribution in [1.29, 1.82) is 5.26 Å². The van der Waals surface area contributed by atoms with E-state index in [4.69, 9.17) is 33.2 Å². The molecule has 20 heavy (non-hydrogen) atoms. The molecule has 0 fully saturated rings. The number of rotatable bonds is 5. The molecule has 0 aliphatic heterocycles. The third kappa shape index (κ3) is 3.95. The lowest BCUT2D eigenvalue weighted by atomic mass is 10.4. The average Bonchev–Trinajstić information content (AvgIpc) is 2.46. The summed E-state index contributed by atoms with van der Waals surface area (Å²) in [5.74, 6) is 0.881. The van der Waals surface area contributed by atoms with Gasteiger partial charge in [0.25, 0.3) is 0 Å². The van der Waals surface area contributed by atoms with E-state index in [0.717, 1.165) is 0 Å². The molecule has 0 radical (unpaired) electrons. The van der Waals surface area contributed by atoms with Gasteiger partial charge in [-0.2, -0.15) is 5.26 Å². The summed E-state index contributed by atoms with van der Waals surface area (Å²) >= 11 is 11.6. The van der Waals surface area contributed by atoms with Crippen molar-refractivity contribution in [2.75, 3.05) is 18.5 Å². The van der Waals surface area contributed by atoms with Gasteiger partial charge in [0.05, 0.1) is 11.6 Å². The van der Waals surface area contributed by atoms with Crippen LogP contribution in [0, 0.1) is 11.3 Å². The van der Waals surface area contributed by atoms with E-state index in [0.29, 0.717) is 34.9 Å². The molecule has 2 heterocycles. The maximum atomic E-state index is 8.59. The Morgan fingerprint density at radius 3 is 2.80 bits per heavy atom. The number of nitrogens with zero attached hydrogens (tertiary/aromatic N) is 4. The summed E-state index contributed by atoms with van der Waals surface area (Å²) in [6, 6.07) is 6.70. The molecule has 0 bridgehead atoms. The van der Waals surface area contributed by atoms with Crippen LogP contribution in [0.25, 0.3) is 0 Å². The van der Waals surface area contributed by atoms with Gasteiger partial charge in [-0.05, 0) is 18.2 Å². The van der Waals surface area contributed by atoms with Crippen molar-refractivity contribution in [3.8, 4) is 11.9 Å². The minimum absolute atomic E-state index is 0.268. The second-order valence-corrected chi connectivity index (χ2v) is 4.48. The van der Waals surface area contributed by atoms with E-state index in [-0.39, 0.29) is 5.69 Å². The lowest BCUT2D eigenvalue weighted by molar-refractivity contribution is 0.320. The smallest absolute Gasteiger partial charge is 0.232 e. The van der Waals surface area contributed by atoms with Crippen molar-refractivity contribution < 1.29 is 4.74 Å². The number of pyridine rings is 1. The van der Waals surface area contributed by atoms with E-state index in [1.54, 1.807) is 18.2 Å². The Hall–Kier alpha value is -2.10. The van der Waals surface area contributed by atoms with Crippen molar-refractivity contribution in [1.82, 2.24) is 15.2 Å². The van der Waals surface area contributed by atoms with E-state index >= 15 is 0 Å². The van der Waals surface area contributed by atoms with Gasteiger partial charge in [-0.25, -0.2) is 4.98 Å². The van der Waals surface area contributed by atoms with Crippen molar-refractivity contribution in [3.05, 3.63) is 40.1 Å². The van der Waals surface area contributed by atoms with Gasteiger partial charge in [0, 0.05) is 6.20 Å². The topological polar surface area (TPSA) is 83.7 Å². The van der Waals surface area contributed by atoms with Gasteiger partial charge < -0.3 is 10.1 Å². The molecule has 6 nitrogen and oxygen atoms in total. The van der Waals surface area contributed by atoms with E-state index in [1.807, 2.05) is 6.07 Å². The first kappa shape index (κ1) is 14.3. The Morgan fingerprint density at radius 1 is 1.30 bits per heavy atom. The van der Waals surface area contributed by atoms with Gasteiger partial charge >= 0.3 is 0 Å². The molecule has 0 atom stereocenters. The molecule has 0 saturated carbocycles. The fourth-order valence-corrected chi connectivity index (χ4v) is 1.76. The third-order valence-electron chi connectivity index (χ3n) is 2.20. The lowest BCUT2D eigenvalue weighted by Gasteiger charge is -2.08. The van der Waals surface area contributed by atoms with Crippen LogP contribution in [-0.2, 0) is 0 Å². The SMILES string of the molecule is N#Cc1ccc(NCCOc2ncc(Cl)cc2Cl)nn1. The number of anilines is 1. The Morgan fingerprint density at radius 2 is 2.15 bits per heavy atom. The highest BCUT2D eigenvalue weighted by Gasteiger charge is 2.04. The van der Waals surface area contributed by atoms with Crippen LogP contribution in [0.5, 0.6) is 5.88 Å². The predicted molar refractivity (Wildman–Crippen MR) is 75.0 cm³/mol. The van der Waals surface area contributed by atoms with Gasteiger partial charge in [-0.1, -0.05) is 23.2 Å². The average molecular weight is 310 g/mol.